The Bertz CT molecular complexity index is 714. The first-order valence-electron chi connectivity index (χ1n) is 8.79. The maximum atomic E-state index is 5.95. The standard InChI is InChI=1S/C19H25N3O/c1-13-7-5-9-16(14(13)2)22-19-15(8-3-4-11-20-19)18(21-22)17-10-6-12-23-17/h5,7,9,17,20H,3-4,6,8,10-12H2,1-2H3. The zero-order valence-electron chi connectivity index (χ0n) is 14.1. The van der Waals surface area contributed by atoms with Gasteiger partial charge in [0, 0.05) is 18.7 Å². The first-order valence-corrected chi connectivity index (χ1v) is 8.79. The molecule has 3 heterocycles. The molecule has 1 fully saturated rings. The Balaban J connectivity index is 1.87. The summed E-state index contributed by atoms with van der Waals surface area (Å²) < 4.78 is 8.07. The van der Waals surface area contributed by atoms with E-state index in [0.29, 0.717) is 0 Å². The summed E-state index contributed by atoms with van der Waals surface area (Å²) in [6.45, 7) is 6.23. The molecule has 4 heteroatoms. The van der Waals surface area contributed by atoms with Gasteiger partial charge < -0.3 is 10.1 Å². The molecule has 1 aromatic heterocycles. The molecule has 2 aliphatic heterocycles. The van der Waals surface area contributed by atoms with Crippen LogP contribution in [0.5, 0.6) is 0 Å². The van der Waals surface area contributed by atoms with Gasteiger partial charge in [-0.1, -0.05) is 12.1 Å². The Morgan fingerprint density at radius 2 is 2.13 bits per heavy atom. The van der Waals surface area contributed by atoms with Crippen LogP contribution < -0.4 is 5.32 Å². The number of rotatable bonds is 2. The molecule has 2 aromatic rings. The van der Waals surface area contributed by atoms with Gasteiger partial charge in [0.2, 0.25) is 0 Å². The fraction of sp³-hybridized carbons (Fsp3) is 0.526. The highest BCUT2D eigenvalue weighted by Crippen LogP contribution is 2.37. The van der Waals surface area contributed by atoms with Crippen molar-refractivity contribution in [2.24, 2.45) is 0 Å². The van der Waals surface area contributed by atoms with Gasteiger partial charge in [-0.05, 0) is 63.1 Å². The third kappa shape index (κ3) is 2.55. The molecular weight excluding hydrogens is 286 g/mol. The Labute approximate surface area is 137 Å². The molecule has 0 bridgehead atoms. The minimum Gasteiger partial charge on any atom is -0.372 e. The second kappa shape index (κ2) is 6.00. The number of hydrogen-bond acceptors (Lipinski definition) is 3. The van der Waals surface area contributed by atoms with Crippen molar-refractivity contribution < 1.29 is 4.74 Å². The van der Waals surface area contributed by atoms with Gasteiger partial charge in [0.1, 0.15) is 11.9 Å². The van der Waals surface area contributed by atoms with Crippen LogP contribution in [0.2, 0.25) is 0 Å². The predicted octanol–water partition coefficient (Wildman–Crippen LogP) is 4.09. The van der Waals surface area contributed by atoms with Gasteiger partial charge in [-0.25, -0.2) is 4.68 Å². The van der Waals surface area contributed by atoms with Crippen LogP contribution in [0.3, 0.4) is 0 Å². The maximum absolute atomic E-state index is 5.95. The fourth-order valence-corrected chi connectivity index (χ4v) is 3.72. The average molecular weight is 311 g/mol. The second-order valence-electron chi connectivity index (χ2n) is 6.73. The summed E-state index contributed by atoms with van der Waals surface area (Å²) in [6.07, 6.45) is 5.95. The monoisotopic (exact) mass is 311 g/mol. The van der Waals surface area contributed by atoms with Gasteiger partial charge in [0.25, 0.3) is 0 Å². The second-order valence-corrected chi connectivity index (χ2v) is 6.73. The van der Waals surface area contributed by atoms with E-state index in [-0.39, 0.29) is 6.10 Å². The van der Waals surface area contributed by atoms with Crippen LogP contribution in [-0.2, 0) is 11.2 Å². The van der Waals surface area contributed by atoms with Crippen LogP contribution in [0, 0.1) is 13.8 Å². The summed E-state index contributed by atoms with van der Waals surface area (Å²) in [4.78, 5) is 0. The number of anilines is 1. The lowest BCUT2D eigenvalue weighted by molar-refractivity contribution is 0.107. The van der Waals surface area contributed by atoms with E-state index in [4.69, 9.17) is 9.84 Å². The zero-order chi connectivity index (χ0) is 15.8. The number of nitrogens with one attached hydrogen (secondary N) is 1. The highest BCUT2D eigenvalue weighted by atomic mass is 16.5. The average Bonchev–Trinajstić information content (AvgIpc) is 3.12. The molecule has 0 amide bonds. The quantitative estimate of drug-likeness (QED) is 0.908. The van der Waals surface area contributed by atoms with Crippen molar-refractivity contribution in [3.8, 4) is 5.69 Å². The van der Waals surface area contributed by atoms with Crippen molar-refractivity contribution in [1.29, 1.82) is 0 Å². The van der Waals surface area contributed by atoms with Gasteiger partial charge in [0.15, 0.2) is 0 Å². The van der Waals surface area contributed by atoms with Crippen LogP contribution in [0.15, 0.2) is 18.2 Å². The molecule has 4 rings (SSSR count). The molecule has 0 radical (unpaired) electrons. The number of fused-ring (bicyclic) bond motifs is 1. The summed E-state index contributed by atoms with van der Waals surface area (Å²) in [7, 11) is 0. The van der Waals surface area contributed by atoms with Crippen molar-refractivity contribution in [3.05, 3.63) is 40.6 Å². The summed E-state index contributed by atoms with van der Waals surface area (Å²) in [6, 6.07) is 6.45. The number of hydrogen-bond donors (Lipinski definition) is 1. The molecule has 1 N–H and O–H groups in total. The molecule has 1 aromatic carbocycles. The van der Waals surface area contributed by atoms with Crippen LogP contribution >= 0.6 is 0 Å². The van der Waals surface area contributed by atoms with Crippen molar-refractivity contribution >= 4 is 5.82 Å². The van der Waals surface area contributed by atoms with Crippen molar-refractivity contribution in [3.63, 3.8) is 0 Å². The minimum atomic E-state index is 0.176. The van der Waals surface area contributed by atoms with E-state index in [9.17, 15) is 0 Å². The smallest absolute Gasteiger partial charge is 0.133 e. The van der Waals surface area contributed by atoms with E-state index in [0.717, 1.165) is 38.1 Å². The van der Waals surface area contributed by atoms with Crippen LogP contribution in [0.25, 0.3) is 5.69 Å². The first-order chi connectivity index (χ1) is 11.3. The molecule has 23 heavy (non-hydrogen) atoms. The molecule has 0 spiro atoms. The number of nitrogens with zero attached hydrogens (tertiary/aromatic N) is 2. The van der Waals surface area contributed by atoms with E-state index < -0.39 is 0 Å². The van der Waals surface area contributed by atoms with Gasteiger partial charge in [-0.2, -0.15) is 5.10 Å². The molecule has 1 saturated heterocycles. The lowest BCUT2D eigenvalue weighted by Gasteiger charge is -2.13. The van der Waals surface area contributed by atoms with Crippen molar-refractivity contribution in [1.82, 2.24) is 9.78 Å². The van der Waals surface area contributed by atoms with Gasteiger partial charge >= 0.3 is 0 Å². The SMILES string of the molecule is Cc1cccc(-n2nc(C3CCCO3)c3c2NCCCC3)c1C. The first kappa shape index (κ1) is 14.8. The number of aromatic nitrogens is 2. The lowest BCUT2D eigenvalue weighted by Crippen LogP contribution is -2.08. The Hall–Kier alpha value is -1.81. The van der Waals surface area contributed by atoms with E-state index in [1.54, 1.807) is 0 Å². The molecule has 1 unspecified atom stereocenters. The van der Waals surface area contributed by atoms with E-state index in [1.165, 1.54) is 41.0 Å². The molecule has 0 saturated carbocycles. The molecular formula is C19H25N3O. The van der Waals surface area contributed by atoms with Crippen LogP contribution in [-0.4, -0.2) is 22.9 Å². The van der Waals surface area contributed by atoms with E-state index in [1.807, 2.05) is 0 Å². The summed E-state index contributed by atoms with van der Waals surface area (Å²) in [5.41, 5.74) is 6.31. The summed E-state index contributed by atoms with van der Waals surface area (Å²) >= 11 is 0. The Kier molecular flexibility index (Phi) is 3.85. The number of ether oxygens (including phenoxy) is 1. The highest BCUT2D eigenvalue weighted by Gasteiger charge is 2.29. The highest BCUT2D eigenvalue weighted by molar-refractivity contribution is 5.57. The third-order valence-electron chi connectivity index (χ3n) is 5.20. The van der Waals surface area contributed by atoms with E-state index >= 15 is 0 Å². The van der Waals surface area contributed by atoms with Crippen LogP contribution in [0.4, 0.5) is 5.82 Å². The largest absolute Gasteiger partial charge is 0.372 e. The zero-order valence-corrected chi connectivity index (χ0v) is 14.1. The molecule has 0 aliphatic carbocycles. The minimum absolute atomic E-state index is 0.176. The van der Waals surface area contributed by atoms with Crippen LogP contribution in [0.1, 0.15) is 54.2 Å². The molecule has 4 nitrogen and oxygen atoms in total. The van der Waals surface area contributed by atoms with E-state index in [2.05, 4.69) is 42.0 Å². The topological polar surface area (TPSA) is 39.1 Å². The summed E-state index contributed by atoms with van der Waals surface area (Å²) in [5, 5.41) is 8.64. The van der Waals surface area contributed by atoms with Crippen molar-refractivity contribution in [2.45, 2.75) is 52.1 Å². The van der Waals surface area contributed by atoms with Gasteiger partial charge in [0.05, 0.1) is 11.4 Å². The van der Waals surface area contributed by atoms with Gasteiger partial charge in [-0.3, -0.25) is 0 Å². The molecule has 2 aliphatic rings. The molecule has 1 atom stereocenters. The normalized spacial score (nSPS) is 20.9. The molecule has 122 valence electrons. The predicted molar refractivity (Wildman–Crippen MR) is 92.4 cm³/mol. The third-order valence-corrected chi connectivity index (χ3v) is 5.20. The Morgan fingerprint density at radius 3 is 2.96 bits per heavy atom. The van der Waals surface area contributed by atoms with Gasteiger partial charge in [-0.15, -0.1) is 0 Å². The number of aryl methyl sites for hydroxylation is 1. The fourth-order valence-electron chi connectivity index (χ4n) is 3.72. The van der Waals surface area contributed by atoms with Crippen molar-refractivity contribution in [2.75, 3.05) is 18.5 Å². The maximum Gasteiger partial charge on any atom is 0.133 e. The Morgan fingerprint density at radius 1 is 1.22 bits per heavy atom. The number of benzene rings is 1. The lowest BCUT2D eigenvalue weighted by atomic mass is 10.0. The summed E-state index contributed by atoms with van der Waals surface area (Å²) in [5.74, 6) is 1.18.